The maximum Gasteiger partial charge on any atom is 0.297 e. The Morgan fingerprint density at radius 2 is 2.47 bits per heavy atom. The van der Waals surface area contributed by atoms with E-state index < -0.39 is 0 Å². The maximum absolute atomic E-state index is 5.50. The molecule has 0 aromatic carbocycles. The van der Waals surface area contributed by atoms with Gasteiger partial charge in [0.25, 0.3) is 6.01 Å². The molecule has 0 amide bonds. The SMILES string of the molecule is CC(C)C1CCN(c2nc(CN)co2)C1. The smallest absolute Gasteiger partial charge is 0.297 e. The first-order chi connectivity index (χ1) is 7.20. The van der Waals surface area contributed by atoms with Crippen molar-refractivity contribution in [2.45, 2.75) is 26.8 Å². The fourth-order valence-electron chi connectivity index (χ4n) is 2.04. The first-order valence-electron chi connectivity index (χ1n) is 5.60. The summed E-state index contributed by atoms with van der Waals surface area (Å²) in [4.78, 5) is 6.55. The van der Waals surface area contributed by atoms with Crippen molar-refractivity contribution in [1.82, 2.24) is 4.98 Å². The van der Waals surface area contributed by atoms with E-state index in [1.54, 1.807) is 6.26 Å². The zero-order valence-corrected chi connectivity index (χ0v) is 9.44. The van der Waals surface area contributed by atoms with Gasteiger partial charge >= 0.3 is 0 Å². The Kier molecular flexibility index (Phi) is 2.95. The molecule has 0 aliphatic carbocycles. The molecule has 0 radical (unpaired) electrons. The van der Waals surface area contributed by atoms with Crippen molar-refractivity contribution in [2.75, 3.05) is 18.0 Å². The van der Waals surface area contributed by atoms with Gasteiger partial charge in [-0.1, -0.05) is 13.8 Å². The van der Waals surface area contributed by atoms with Gasteiger partial charge in [0.05, 0.1) is 5.69 Å². The Bertz CT molecular complexity index is 321. The molecule has 1 aliphatic heterocycles. The topological polar surface area (TPSA) is 55.3 Å². The number of oxazole rings is 1. The van der Waals surface area contributed by atoms with Gasteiger partial charge in [0.1, 0.15) is 6.26 Å². The molecule has 4 heteroatoms. The maximum atomic E-state index is 5.50. The normalized spacial score (nSPS) is 21.6. The van der Waals surface area contributed by atoms with Crippen molar-refractivity contribution in [2.24, 2.45) is 17.6 Å². The van der Waals surface area contributed by atoms with Gasteiger partial charge < -0.3 is 15.1 Å². The number of hydrogen-bond acceptors (Lipinski definition) is 4. The van der Waals surface area contributed by atoms with E-state index >= 15 is 0 Å². The zero-order chi connectivity index (χ0) is 10.8. The van der Waals surface area contributed by atoms with Crippen LogP contribution >= 0.6 is 0 Å². The van der Waals surface area contributed by atoms with E-state index in [4.69, 9.17) is 10.2 Å². The van der Waals surface area contributed by atoms with Crippen molar-refractivity contribution in [3.63, 3.8) is 0 Å². The summed E-state index contributed by atoms with van der Waals surface area (Å²) in [5.74, 6) is 1.50. The number of aromatic nitrogens is 1. The van der Waals surface area contributed by atoms with Crippen molar-refractivity contribution in [3.05, 3.63) is 12.0 Å². The minimum absolute atomic E-state index is 0.449. The van der Waals surface area contributed by atoms with Crippen molar-refractivity contribution in [1.29, 1.82) is 0 Å². The van der Waals surface area contributed by atoms with E-state index in [9.17, 15) is 0 Å². The monoisotopic (exact) mass is 209 g/mol. The molecule has 1 fully saturated rings. The molecule has 4 nitrogen and oxygen atoms in total. The summed E-state index contributed by atoms with van der Waals surface area (Å²) in [6.45, 7) is 7.10. The van der Waals surface area contributed by atoms with Crippen LogP contribution in [0.4, 0.5) is 6.01 Å². The summed E-state index contributed by atoms with van der Waals surface area (Å²) >= 11 is 0. The van der Waals surface area contributed by atoms with Crippen LogP contribution in [0.2, 0.25) is 0 Å². The minimum Gasteiger partial charge on any atom is -0.432 e. The second-order valence-corrected chi connectivity index (χ2v) is 4.56. The summed E-state index contributed by atoms with van der Waals surface area (Å²) in [6, 6.07) is 0.735. The van der Waals surface area contributed by atoms with Gasteiger partial charge in [-0.25, -0.2) is 0 Å². The highest BCUT2D eigenvalue weighted by molar-refractivity contribution is 5.29. The number of hydrogen-bond donors (Lipinski definition) is 1. The molecule has 1 atom stereocenters. The van der Waals surface area contributed by atoms with E-state index in [0.717, 1.165) is 36.6 Å². The van der Waals surface area contributed by atoms with Crippen molar-refractivity contribution >= 4 is 6.01 Å². The fourth-order valence-corrected chi connectivity index (χ4v) is 2.04. The Morgan fingerprint density at radius 1 is 1.67 bits per heavy atom. The summed E-state index contributed by atoms with van der Waals surface area (Å²) in [5, 5.41) is 0. The first kappa shape index (κ1) is 10.5. The predicted molar refractivity (Wildman–Crippen MR) is 59.6 cm³/mol. The molecular formula is C11H19N3O. The van der Waals surface area contributed by atoms with Crippen molar-refractivity contribution < 1.29 is 4.42 Å². The highest BCUT2D eigenvalue weighted by atomic mass is 16.4. The van der Waals surface area contributed by atoms with Crippen LogP contribution in [0, 0.1) is 11.8 Å². The molecule has 1 saturated heterocycles. The summed E-state index contributed by atoms with van der Waals surface area (Å²) in [5.41, 5.74) is 6.33. The predicted octanol–water partition coefficient (Wildman–Crippen LogP) is 1.62. The van der Waals surface area contributed by atoms with Crippen LogP contribution < -0.4 is 10.6 Å². The third-order valence-electron chi connectivity index (χ3n) is 3.19. The molecule has 2 heterocycles. The fraction of sp³-hybridized carbons (Fsp3) is 0.727. The molecule has 0 saturated carbocycles. The highest BCUT2D eigenvalue weighted by Gasteiger charge is 2.27. The zero-order valence-electron chi connectivity index (χ0n) is 9.44. The van der Waals surface area contributed by atoms with Crippen LogP contribution in [-0.4, -0.2) is 18.1 Å². The molecule has 15 heavy (non-hydrogen) atoms. The molecule has 1 aromatic rings. The van der Waals surface area contributed by atoms with Gasteiger partial charge in [-0.15, -0.1) is 0 Å². The van der Waals surface area contributed by atoms with Gasteiger partial charge in [-0.3, -0.25) is 0 Å². The van der Waals surface area contributed by atoms with Crippen LogP contribution in [0.1, 0.15) is 26.0 Å². The quantitative estimate of drug-likeness (QED) is 0.821. The lowest BCUT2D eigenvalue weighted by Gasteiger charge is -2.15. The molecule has 2 N–H and O–H groups in total. The van der Waals surface area contributed by atoms with E-state index in [0.29, 0.717) is 6.54 Å². The van der Waals surface area contributed by atoms with Gasteiger partial charge in [0.15, 0.2) is 0 Å². The van der Waals surface area contributed by atoms with Crippen LogP contribution in [0.15, 0.2) is 10.7 Å². The molecule has 1 aromatic heterocycles. The summed E-state index contributed by atoms with van der Waals surface area (Å²) in [7, 11) is 0. The minimum atomic E-state index is 0.449. The average Bonchev–Trinajstić information content (AvgIpc) is 2.86. The second kappa shape index (κ2) is 4.23. The molecule has 0 bridgehead atoms. The Hall–Kier alpha value is -1.03. The van der Waals surface area contributed by atoms with Crippen LogP contribution in [0.5, 0.6) is 0 Å². The Labute approximate surface area is 90.5 Å². The molecule has 1 aliphatic rings. The standard InChI is InChI=1S/C11H19N3O/c1-8(2)9-3-4-14(6-9)11-13-10(5-12)7-15-11/h7-9H,3-6,12H2,1-2H3. The molecule has 84 valence electrons. The lowest BCUT2D eigenvalue weighted by molar-refractivity contribution is 0.420. The van der Waals surface area contributed by atoms with E-state index in [2.05, 4.69) is 23.7 Å². The Balaban J connectivity index is 2.01. The molecule has 1 unspecified atom stereocenters. The van der Waals surface area contributed by atoms with E-state index in [1.807, 2.05) is 0 Å². The van der Waals surface area contributed by atoms with Crippen LogP contribution in [0.3, 0.4) is 0 Å². The number of nitrogens with two attached hydrogens (primary N) is 1. The van der Waals surface area contributed by atoms with E-state index in [-0.39, 0.29) is 0 Å². The number of rotatable bonds is 3. The van der Waals surface area contributed by atoms with Gasteiger partial charge in [0, 0.05) is 19.6 Å². The number of anilines is 1. The van der Waals surface area contributed by atoms with Gasteiger partial charge in [-0.05, 0) is 18.3 Å². The second-order valence-electron chi connectivity index (χ2n) is 4.56. The third-order valence-corrected chi connectivity index (χ3v) is 3.19. The summed E-state index contributed by atoms with van der Waals surface area (Å²) in [6.07, 6.45) is 2.88. The molecular weight excluding hydrogens is 190 g/mol. The first-order valence-corrected chi connectivity index (χ1v) is 5.60. The third kappa shape index (κ3) is 2.15. The lowest BCUT2D eigenvalue weighted by atomic mass is 9.95. The summed E-state index contributed by atoms with van der Waals surface area (Å²) < 4.78 is 5.40. The van der Waals surface area contributed by atoms with Crippen LogP contribution in [0.25, 0.3) is 0 Å². The average molecular weight is 209 g/mol. The largest absolute Gasteiger partial charge is 0.432 e. The van der Waals surface area contributed by atoms with Gasteiger partial charge in [-0.2, -0.15) is 4.98 Å². The Morgan fingerprint density at radius 3 is 3.00 bits per heavy atom. The number of nitrogens with zero attached hydrogens (tertiary/aromatic N) is 2. The highest BCUT2D eigenvalue weighted by Crippen LogP contribution is 2.27. The molecule has 0 spiro atoms. The van der Waals surface area contributed by atoms with Gasteiger partial charge in [0.2, 0.25) is 0 Å². The lowest BCUT2D eigenvalue weighted by Crippen LogP contribution is -2.21. The van der Waals surface area contributed by atoms with Crippen LogP contribution in [-0.2, 0) is 6.54 Å². The van der Waals surface area contributed by atoms with Crippen molar-refractivity contribution in [3.8, 4) is 0 Å². The van der Waals surface area contributed by atoms with E-state index in [1.165, 1.54) is 6.42 Å². The molecule has 2 rings (SSSR count).